The lowest BCUT2D eigenvalue weighted by molar-refractivity contribution is -0.0317. The summed E-state index contributed by atoms with van der Waals surface area (Å²) in [5.41, 5.74) is 0. The van der Waals surface area contributed by atoms with Crippen molar-refractivity contribution in [3.63, 3.8) is 0 Å². The highest BCUT2D eigenvalue weighted by Gasteiger charge is 2.21. The van der Waals surface area contributed by atoms with Gasteiger partial charge in [0.2, 0.25) is 0 Å². The molecule has 1 aliphatic rings. The summed E-state index contributed by atoms with van der Waals surface area (Å²) in [6.45, 7) is 3.51. The molecule has 0 heterocycles. The molecule has 1 fully saturated rings. The molecule has 0 radical (unpaired) electrons. The van der Waals surface area contributed by atoms with Gasteiger partial charge >= 0.3 is 0 Å². The normalized spacial score (nSPS) is 27.2. The van der Waals surface area contributed by atoms with Crippen LogP contribution in [0.4, 0.5) is 0 Å². The first kappa shape index (κ1) is 17.2. The first-order chi connectivity index (χ1) is 9.15. The van der Waals surface area contributed by atoms with Gasteiger partial charge in [0.15, 0.2) is 0 Å². The number of methoxy groups -OCH3 is 1. The minimum atomic E-state index is -0.436. The highest BCUT2D eigenvalue weighted by molar-refractivity contribution is 7.99. The van der Waals surface area contributed by atoms with Crippen LogP contribution in [-0.2, 0) is 9.47 Å². The molecule has 4 unspecified atom stereocenters. The van der Waals surface area contributed by atoms with E-state index in [1.165, 1.54) is 25.7 Å². The predicted molar refractivity (Wildman–Crippen MR) is 80.9 cm³/mol. The van der Waals surface area contributed by atoms with Crippen molar-refractivity contribution in [3.05, 3.63) is 0 Å². The standard InChI is InChI=1S/C14H29NO3S/c1-11(9-17-2)18-10-13(16)8-15-12-5-4-6-14(7-12)19-3/h11-16H,4-10H2,1-3H3. The van der Waals surface area contributed by atoms with Gasteiger partial charge in [0.1, 0.15) is 0 Å². The van der Waals surface area contributed by atoms with Crippen molar-refractivity contribution >= 4 is 11.8 Å². The average Bonchev–Trinajstić information content (AvgIpc) is 2.43. The molecular formula is C14H29NO3S. The lowest BCUT2D eigenvalue weighted by atomic mass is 9.95. The van der Waals surface area contributed by atoms with Crippen molar-refractivity contribution < 1.29 is 14.6 Å². The van der Waals surface area contributed by atoms with Crippen LogP contribution in [0.3, 0.4) is 0 Å². The maximum Gasteiger partial charge on any atom is 0.0897 e. The van der Waals surface area contributed by atoms with Gasteiger partial charge in [-0.3, -0.25) is 0 Å². The molecular weight excluding hydrogens is 262 g/mol. The summed E-state index contributed by atoms with van der Waals surface area (Å²) in [6, 6.07) is 0.553. The summed E-state index contributed by atoms with van der Waals surface area (Å²) < 4.78 is 10.5. The highest BCUT2D eigenvalue weighted by atomic mass is 32.2. The Balaban J connectivity index is 2.10. The SMILES string of the molecule is COCC(C)OCC(O)CNC1CCCC(SC)C1. The van der Waals surface area contributed by atoms with E-state index in [2.05, 4.69) is 11.6 Å². The van der Waals surface area contributed by atoms with Gasteiger partial charge < -0.3 is 19.9 Å². The Morgan fingerprint density at radius 1 is 1.37 bits per heavy atom. The first-order valence-corrected chi connectivity index (χ1v) is 8.49. The zero-order valence-electron chi connectivity index (χ0n) is 12.4. The van der Waals surface area contributed by atoms with Gasteiger partial charge in [0.05, 0.1) is 25.4 Å². The number of thioether (sulfide) groups is 1. The summed E-state index contributed by atoms with van der Waals surface area (Å²) in [7, 11) is 1.66. The van der Waals surface area contributed by atoms with Crippen molar-refractivity contribution in [2.24, 2.45) is 0 Å². The summed E-state index contributed by atoms with van der Waals surface area (Å²) in [5.74, 6) is 0. The van der Waals surface area contributed by atoms with E-state index in [-0.39, 0.29) is 6.10 Å². The summed E-state index contributed by atoms with van der Waals surface area (Å²) in [5, 5.41) is 14.1. The van der Waals surface area contributed by atoms with Crippen LogP contribution in [0, 0.1) is 0 Å². The zero-order valence-corrected chi connectivity index (χ0v) is 13.2. The van der Waals surface area contributed by atoms with Crippen molar-refractivity contribution in [2.45, 2.75) is 56.1 Å². The van der Waals surface area contributed by atoms with Gasteiger partial charge in [-0.2, -0.15) is 11.8 Å². The Labute approximate surface area is 121 Å². The Morgan fingerprint density at radius 2 is 2.16 bits per heavy atom. The van der Waals surface area contributed by atoms with E-state index in [4.69, 9.17) is 9.47 Å². The highest BCUT2D eigenvalue weighted by Crippen LogP contribution is 2.26. The number of rotatable bonds is 9. The fourth-order valence-electron chi connectivity index (χ4n) is 2.46. The van der Waals surface area contributed by atoms with Crippen LogP contribution in [0.15, 0.2) is 0 Å². The molecule has 1 rings (SSSR count). The van der Waals surface area contributed by atoms with Gasteiger partial charge in [-0.15, -0.1) is 0 Å². The number of aliphatic hydroxyl groups excluding tert-OH is 1. The van der Waals surface area contributed by atoms with Crippen LogP contribution in [0.2, 0.25) is 0 Å². The molecule has 0 saturated heterocycles. The molecule has 0 aromatic carbocycles. The molecule has 2 N–H and O–H groups in total. The summed E-state index contributed by atoms with van der Waals surface area (Å²) in [4.78, 5) is 0. The molecule has 1 aliphatic carbocycles. The number of hydrogen-bond acceptors (Lipinski definition) is 5. The number of nitrogens with one attached hydrogen (secondary N) is 1. The maximum atomic E-state index is 9.89. The Kier molecular flexibility index (Phi) is 9.07. The molecule has 5 heteroatoms. The number of ether oxygens (including phenoxy) is 2. The van der Waals surface area contributed by atoms with Crippen LogP contribution >= 0.6 is 11.8 Å². The van der Waals surface area contributed by atoms with E-state index in [9.17, 15) is 5.11 Å². The molecule has 19 heavy (non-hydrogen) atoms. The van der Waals surface area contributed by atoms with Gasteiger partial charge in [-0.25, -0.2) is 0 Å². The average molecular weight is 291 g/mol. The van der Waals surface area contributed by atoms with E-state index in [0.29, 0.717) is 25.8 Å². The van der Waals surface area contributed by atoms with Crippen molar-refractivity contribution in [3.8, 4) is 0 Å². The largest absolute Gasteiger partial charge is 0.389 e. The van der Waals surface area contributed by atoms with Gasteiger partial charge in [0, 0.05) is 24.9 Å². The third kappa shape index (κ3) is 7.51. The molecule has 0 bridgehead atoms. The van der Waals surface area contributed by atoms with E-state index in [0.717, 1.165) is 5.25 Å². The molecule has 4 nitrogen and oxygen atoms in total. The molecule has 1 saturated carbocycles. The van der Waals surface area contributed by atoms with E-state index >= 15 is 0 Å². The molecule has 4 atom stereocenters. The topological polar surface area (TPSA) is 50.7 Å². The second-order valence-electron chi connectivity index (χ2n) is 5.38. The zero-order chi connectivity index (χ0) is 14.1. The Morgan fingerprint density at radius 3 is 2.84 bits per heavy atom. The third-order valence-corrected chi connectivity index (χ3v) is 4.67. The maximum absolute atomic E-state index is 9.89. The van der Waals surface area contributed by atoms with Gasteiger partial charge in [-0.1, -0.05) is 6.42 Å². The Bertz CT molecular complexity index is 231. The third-order valence-electron chi connectivity index (χ3n) is 3.58. The molecule has 0 aliphatic heterocycles. The lowest BCUT2D eigenvalue weighted by Crippen LogP contribution is -2.41. The quantitative estimate of drug-likeness (QED) is 0.677. The lowest BCUT2D eigenvalue weighted by Gasteiger charge is -2.29. The Hall–Kier alpha value is 0.190. The van der Waals surface area contributed by atoms with Crippen LogP contribution in [0.5, 0.6) is 0 Å². The molecule has 0 spiro atoms. The fraction of sp³-hybridized carbons (Fsp3) is 1.00. The molecule has 0 aromatic rings. The van der Waals surface area contributed by atoms with Crippen molar-refractivity contribution in [1.29, 1.82) is 0 Å². The van der Waals surface area contributed by atoms with Gasteiger partial charge in [0.25, 0.3) is 0 Å². The summed E-state index contributed by atoms with van der Waals surface area (Å²) >= 11 is 1.96. The minimum absolute atomic E-state index is 0.0372. The second kappa shape index (κ2) is 10.00. The number of aliphatic hydroxyl groups is 1. The minimum Gasteiger partial charge on any atom is -0.389 e. The van der Waals surface area contributed by atoms with Crippen LogP contribution in [0.1, 0.15) is 32.6 Å². The van der Waals surface area contributed by atoms with Crippen LogP contribution in [-0.4, -0.2) is 61.7 Å². The predicted octanol–water partition coefficient (Wildman–Crippen LogP) is 1.66. The number of hydrogen-bond donors (Lipinski definition) is 2. The van der Waals surface area contributed by atoms with Crippen LogP contribution in [0.25, 0.3) is 0 Å². The van der Waals surface area contributed by atoms with Crippen LogP contribution < -0.4 is 5.32 Å². The molecule has 114 valence electrons. The first-order valence-electron chi connectivity index (χ1n) is 7.20. The second-order valence-corrected chi connectivity index (χ2v) is 6.52. The van der Waals surface area contributed by atoms with E-state index < -0.39 is 6.10 Å². The smallest absolute Gasteiger partial charge is 0.0897 e. The summed E-state index contributed by atoms with van der Waals surface area (Å²) in [6.07, 6.45) is 6.86. The fourth-order valence-corrected chi connectivity index (χ4v) is 3.29. The monoisotopic (exact) mass is 291 g/mol. The van der Waals surface area contributed by atoms with E-state index in [1.54, 1.807) is 7.11 Å². The van der Waals surface area contributed by atoms with Crippen molar-refractivity contribution in [1.82, 2.24) is 5.32 Å². The van der Waals surface area contributed by atoms with E-state index in [1.807, 2.05) is 18.7 Å². The molecule has 0 amide bonds. The van der Waals surface area contributed by atoms with Crippen molar-refractivity contribution in [2.75, 3.05) is 33.1 Å². The molecule has 0 aromatic heterocycles. The van der Waals surface area contributed by atoms with Gasteiger partial charge in [-0.05, 0) is 32.4 Å².